The Kier molecular flexibility index (Phi) is 4.72. The standard InChI is InChI=1S/C14H19NO5S/c1-19-12-6-5-11(9-13(12)20-2)21(17,18)8-7-14(16)15-10-3-4-10/h5-6,9-10H,3-4,7-8H2,1-2H3,(H,15,16). The van der Waals surface area contributed by atoms with Crippen LogP contribution in [0.25, 0.3) is 0 Å². The van der Waals surface area contributed by atoms with Crippen LogP contribution in [0.1, 0.15) is 19.3 Å². The van der Waals surface area contributed by atoms with Gasteiger partial charge in [-0.25, -0.2) is 8.42 Å². The second kappa shape index (κ2) is 6.34. The second-order valence-electron chi connectivity index (χ2n) is 4.93. The van der Waals surface area contributed by atoms with Gasteiger partial charge in [0.2, 0.25) is 5.91 Å². The number of methoxy groups -OCH3 is 2. The zero-order valence-electron chi connectivity index (χ0n) is 12.1. The average Bonchev–Trinajstić information content (AvgIpc) is 3.28. The third-order valence-electron chi connectivity index (χ3n) is 3.25. The van der Waals surface area contributed by atoms with E-state index in [1.165, 1.54) is 32.4 Å². The predicted molar refractivity (Wildman–Crippen MR) is 77.4 cm³/mol. The van der Waals surface area contributed by atoms with Crippen molar-refractivity contribution in [1.29, 1.82) is 0 Å². The number of benzene rings is 1. The number of ether oxygens (including phenoxy) is 2. The molecular formula is C14H19NO5S. The molecule has 0 aromatic heterocycles. The van der Waals surface area contributed by atoms with E-state index in [4.69, 9.17) is 9.47 Å². The van der Waals surface area contributed by atoms with Crippen LogP contribution < -0.4 is 14.8 Å². The smallest absolute Gasteiger partial charge is 0.221 e. The molecule has 0 saturated heterocycles. The van der Waals surface area contributed by atoms with Gasteiger partial charge in [-0.15, -0.1) is 0 Å². The fourth-order valence-electron chi connectivity index (χ4n) is 1.88. The Morgan fingerprint density at radius 2 is 1.90 bits per heavy atom. The molecule has 1 aliphatic rings. The first-order chi connectivity index (χ1) is 9.96. The van der Waals surface area contributed by atoms with Crippen molar-refractivity contribution in [3.63, 3.8) is 0 Å². The molecule has 0 aliphatic heterocycles. The summed E-state index contributed by atoms with van der Waals surface area (Å²) in [6, 6.07) is 4.64. The molecule has 1 aliphatic carbocycles. The van der Waals surface area contributed by atoms with Crippen LogP contribution in [0, 0.1) is 0 Å². The highest BCUT2D eigenvalue weighted by atomic mass is 32.2. The van der Waals surface area contributed by atoms with Gasteiger partial charge in [-0.1, -0.05) is 0 Å². The maximum absolute atomic E-state index is 12.2. The van der Waals surface area contributed by atoms with Crippen molar-refractivity contribution in [3.8, 4) is 11.5 Å². The quantitative estimate of drug-likeness (QED) is 0.816. The molecule has 1 amide bonds. The lowest BCUT2D eigenvalue weighted by Crippen LogP contribution is -2.27. The first-order valence-corrected chi connectivity index (χ1v) is 8.35. The summed E-state index contributed by atoms with van der Waals surface area (Å²) < 4.78 is 34.6. The molecule has 1 saturated carbocycles. The van der Waals surface area contributed by atoms with Crippen molar-refractivity contribution in [2.24, 2.45) is 0 Å². The van der Waals surface area contributed by atoms with E-state index >= 15 is 0 Å². The predicted octanol–water partition coefficient (Wildman–Crippen LogP) is 1.15. The van der Waals surface area contributed by atoms with Crippen LogP contribution in [0.4, 0.5) is 0 Å². The topological polar surface area (TPSA) is 81.7 Å². The van der Waals surface area contributed by atoms with Crippen LogP contribution in [0.15, 0.2) is 23.1 Å². The Hall–Kier alpha value is -1.76. The SMILES string of the molecule is COc1ccc(S(=O)(=O)CCC(=O)NC2CC2)cc1OC. The van der Waals surface area contributed by atoms with Crippen LogP contribution in [0.3, 0.4) is 0 Å². The minimum Gasteiger partial charge on any atom is -0.493 e. The zero-order chi connectivity index (χ0) is 15.5. The van der Waals surface area contributed by atoms with E-state index in [-0.39, 0.29) is 29.0 Å². The second-order valence-corrected chi connectivity index (χ2v) is 7.04. The third kappa shape index (κ3) is 4.10. The average molecular weight is 313 g/mol. The number of carbonyl (C=O) groups is 1. The summed E-state index contributed by atoms with van der Waals surface area (Å²) in [6.45, 7) is 0. The molecule has 1 N–H and O–H groups in total. The molecule has 1 aromatic rings. The Bertz CT molecular complexity index is 622. The third-order valence-corrected chi connectivity index (χ3v) is 4.97. The molecule has 0 atom stereocenters. The molecule has 21 heavy (non-hydrogen) atoms. The van der Waals surface area contributed by atoms with E-state index in [0.29, 0.717) is 11.5 Å². The first-order valence-electron chi connectivity index (χ1n) is 6.70. The summed E-state index contributed by atoms with van der Waals surface area (Å²) in [6.07, 6.45) is 1.93. The molecule has 0 radical (unpaired) electrons. The Balaban J connectivity index is 2.05. The lowest BCUT2D eigenvalue weighted by Gasteiger charge is -2.10. The molecule has 7 heteroatoms. The number of amides is 1. The fraction of sp³-hybridized carbons (Fsp3) is 0.500. The number of hydrogen-bond donors (Lipinski definition) is 1. The lowest BCUT2D eigenvalue weighted by atomic mass is 10.3. The number of carbonyl (C=O) groups excluding carboxylic acids is 1. The first kappa shape index (κ1) is 15.6. The summed E-state index contributed by atoms with van der Waals surface area (Å²) in [7, 11) is -0.602. The Labute approximate surface area is 124 Å². The van der Waals surface area contributed by atoms with Gasteiger partial charge in [-0.3, -0.25) is 4.79 Å². The van der Waals surface area contributed by atoms with Crippen LogP contribution in [0.5, 0.6) is 11.5 Å². The summed E-state index contributed by atoms with van der Waals surface area (Å²) in [5.41, 5.74) is 0. The van der Waals surface area contributed by atoms with Gasteiger partial charge < -0.3 is 14.8 Å². The van der Waals surface area contributed by atoms with E-state index in [1.807, 2.05) is 0 Å². The summed E-state index contributed by atoms with van der Waals surface area (Å²) in [5.74, 6) is 0.367. The van der Waals surface area contributed by atoms with Gasteiger partial charge >= 0.3 is 0 Å². The van der Waals surface area contributed by atoms with Crippen molar-refractivity contribution in [2.75, 3.05) is 20.0 Å². The van der Waals surface area contributed by atoms with Crippen LogP contribution in [-0.4, -0.2) is 40.3 Å². The Morgan fingerprint density at radius 3 is 2.48 bits per heavy atom. The van der Waals surface area contributed by atoms with Crippen molar-refractivity contribution in [3.05, 3.63) is 18.2 Å². The largest absolute Gasteiger partial charge is 0.493 e. The number of sulfone groups is 1. The van der Waals surface area contributed by atoms with E-state index < -0.39 is 9.84 Å². The molecular weight excluding hydrogens is 294 g/mol. The van der Waals surface area contributed by atoms with Crippen LogP contribution in [0.2, 0.25) is 0 Å². The normalized spacial score (nSPS) is 14.6. The highest BCUT2D eigenvalue weighted by Crippen LogP contribution is 2.30. The van der Waals surface area contributed by atoms with Crippen molar-refractivity contribution >= 4 is 15.7 Å². The summed E-state index contributed by atoms with van der Waals surface area (Å²) in [4.78, 5) is 11.7. The van der Waals surface area contributed by atoms with Gasteiger partial charge in [0.05, 0.1) is 24.9 Å². The molecule has 2 rings (SSSR count). The van der Waals surface area contributed by atoms with Gasteiger partial charge in [0.1, 0.15) is 0 Å². The molecule has 1 aromatic carbocycles. The molecule has 0 unspecified atom stereocenters. The van der Waals surface area contributed by atoms with Crippen molar-refractivity contribution in [1.82, 2.24) is 5.32 Å². The van der Waals surface area contributed by atoms with E-state index in [9.17, 15) is 13.2 Å². The molecule has 0 spiro atoms. The van der Waals surface area contributed by atoms with Gasteiger partial charge in [-0.2, -0.15) is 0 Å². The van der Waals surface area contributed by atoms with E-state index in [2.05, 4.69) is 5.32 Å². The van der Waals surface area contributed by atoms with Gasteiger partial charge in [-0.05, 0) is 25.0 Å². The van der Waals surface area contributed by atoms with E-state index in [0.717, 1.165) is 12.8 Å². The monoisotopic (exact) mass is 313 g/mol. The van der Waals surface area contributed by atoms with E-state index in [1.54, 1.807) is 0 Å². The highest BCUT2D eigenvalue weighted by Gasteiger charge is 2.24. The number of hydrogen-bond acceptors (Lipinski definition) is 5. The molecule has 6 nitrogen and oxygen atoms in total. The maximum atomic E-state index is 12.2. The minimum absolute atomic E-state index is 0.0345. The van der Waals surface area contributed by atoms with Gasteiger partial charge in [0, 0.05) is 18.5 Å². The van der Waals surface area contributed by atoms with Gasteiger partial charge in [0.15, 0.2) is 21.3 Å². The van der Waals surface area contributed by atoms with Gasteiger partial charge in [0.25, 0.3) is 0 Å². The molecule has 116 valence electrons. The number of rotatable bonds is 7. The summed E-state index contributed by atoms with van der Waals surface area (Å²) in [5, 5.41) is 2.77. The number of nitrogens with one attached hydrogen (secondary N) is 1. The lowest BCUT2D eigenvalue weighted by molar-refractivity contribution is -0.120. The zero-order valence-corrected chi connectivity index (χ0v) is 12.9. The molecule has 1 fully saturated rings. The Morgan fingerprint density at radius 1 is 1.24 bits per heavy atom. The van der Waals surface area contributed by atoms with Crippen LogP contribution in [-0.2, 0) is 14.6 Å². The van der Waals surface area contributed by atoms with Crippen LogP contribution >= 0.6 is 0 Å². The van der Waals surface area contributed by atoms with Crippen molar-refractivity contribution in [2.45, 2.75) is 30.2 Å². The highest BCUT2D eigenvalue weighted by molar-refractivity contribution is 7.91. The molecule has 0 bridgehead atoms. The van der Waals surface area contributed by atoms with Crippen molar-refractivity contribution < 1.29 is 22.7 Å². The summed E-state index contributed by atoms with van der Waals surface area (Å²) >= 11 is 0. The molecule has 0 heterocycles. The maximum Gasteiger partial charge on any atom is 0.221 e. The fourth-order valence-corrected chi connectivity index (χ4v) is 3.13. The minimum atomic E-state index is -3.52.